The Morgan fingerprint density at radius 2 is 2.19 bits per heavy atom. The minimum atomic E-state index is -2.57. The van der Waals surface area contributed by atoms with Crippen LogP contribution in [-0.2, 0) is 10.8 Å². The second-order valence-corrected chi connectivity index (χ2v) is 4.91. The van der Waals surface area contributed by atoms with Gasteiger partial charge in [0.1, 0.15) is 0 Å². The molecule has 0 spiro atoms. The lowest BCUT2D eigenvalue weighted by Crippen LogP contribution is -2.11. The Morgan fingerprint density at radius 1 is 1.50 bits per heavy atom. The van der Waals surface area contributed by atoms with Gasteiger partial charge in [-0.25, -0.2) is 8.78 Å². The van der Waals surface area contributed by atoms with E-state index in [2.05, 4.69) is 5.32 Å². The van der Waals surface area contributed by atoms with E-state index < -0.39 is 17.2 Å². The minimum absolute atomic E-state index is 0.123. The maximum atomic E-state index is 12.6. The van der Waals surface area contributed by atoms with E-state index in [4.69, 9.17) is 5.73 Å². The molecule has 0 radical (unpaired) electrons. The Kier molecular flexibility index (Phi) is 4.67. The molecule has 1 rings (SSSR count). The van der Waals surface area contributed by atoms with Crippen molar-refractivity contribution in [2.75, 3.05) is 29.6 Å². The van der Waals surface area contributed by atoms with Gasteiger partial charge in [-0.3, -0.25) is 4.21 Å². The standard InChI is InChI=1S/C10H14F2N2OS/c1-16(15)5-4-14-9-3-2-7(13)6-8(9)10(11)12/h2-3,6,10,14H,4-5,13H2,1H3. The van der Waals surface area contributed by atoms with Gasteiger partial charge in [0.2, 0.25) is 0 Å². The molecular weight excluding hydrogens is 234 g/mol. The first-order chi connectivity index (χ1) is 7.50. The molecule has 0 saturated carbocycles. The van der Waals surface area contributed by atoms with E-state index in [1.54, 1.807) is 12.3 Å². The molecule has 0 bridgehead atoms. The molecule has 90 valence electrons. The van der Waals surface area contributed by atoms with Gasteiger partial charge < -0.3 is 11.1 Å². The number of rotatable bonds is 5. The third-order valence-corrected chi connectivity index (χ3v) is 2.79. The number of alkyl halides is 2. The van der Waals surface area contributed by atoms with Crippen LogP contribution >= 0.6 is 0 Å². The molecule has 0 aromatic heterocycles. The number of nitrogens with one attached hydrogen (secondary N) is 1. The SMILES string of the molecule is CS(=O)CCNc1ccc(N)cc1C(F)F. The summed E-state index contributed by atoms with van der Waals surface area (Å²) in [7, 11) is -0.936. The van der Waals surface area contributed by atoms with Gasteiger partial charge in [-0.15, -0.1) is 0 Å². The van der Waals surface area contributed by atoms with Crippen LogP contribution in [0.4, 0.5) is 20.2 Å². The zero-order chi connectivity index (χ0) is 12.1. The van der Waals surface area contributed by atoms with Gasteiger partial charge in [0, 0.05) is 46.3 Å². The van der Waals surface area contributed by atoms with Gasteiger partial charge >= 0.3 is 0 Å². The van der Waals surface area contributed by atoms with Crippen molar-refractivity contribution in [3.63, 3.8) is 0 Å². The molecule has 6 heteroatoms. The Morgan fingerprint density at radius 3 is 2.75 bits per heavy atom. The molecule has 1 unspecified atom stereocenters. The van der Waals surface area contributed by atoms with Crippen LogP contribution in [0.1, 0.15) is 12.0 Å². The van der Waals surface area contributed by atoms with Crippen molar-refractivity contribution in [1.82, 2.24) is 0 Å². The van der Waals surface area contributed by atoms with Crippen molar-refractivity contribution >= 4 is 22.2 Å². The minimum Gasteiger partial charge on any atom is -0.399 e. The van der Waals surface area contributed by atoms with Crippen LogP contribution in [0, 0.1) is 0 Å². The van der Waals surface area contributed by atoms with Crippen LogP contribution in [0.25, 0.3) is 0 Å². The number of benzene rings is 1. The fraction of sp³-hybridized carbons (Fsp3) is 0.400. The third-order valence-electron chi connectivity index (χ3n) is 2.02. The lowest BCUT2D eigenvalue weighted by atomic mass is 10.1. The molecule has 0 fully saturated rings. The molecule has 16 heavy (non-hydrogen) atoms. The predicted octanol–water partition coefficient (Wildman–Crippen LogP) is 2.00. The van der Waals surface area contributed by atoms with Gasteiger partial charge in [-0.2, -0.15) is 0 Å². The number of nitrogen functional groups attached to an aromatic ring is 1. The normalized spacial score (nSPS) is 12.8. The van der Waals surface area contributed by atoms with Crippen LogP contribution in [0.2, 0.25) is 0 Å². The van der Waals surface area contributed by atoms with Crippen molar-refractivity contribution in [2.45, 2.75) is 6.43 Å². The van der Waals surface area contributed by atoms with Gasteiger partial charge in [0.25, 0.3) is 6.43 Å². The first kappa shape index (κ1) is 12.9. The molecule has 0 aliphatic rings. The van der Waals surface area contributed by atoms with Crippen molar-refractivity contribution < 1.29 is 13.0 Å². The fourth-order valence-corrected chi connectivity index (χ4v) is 1.64. The Labute approximate surface area is 95.5 Å². The average Bonchev–Trinajstić information content (AvgIpc) is 2.19. The Bertz CT molecular complexity index is 385. The van der Waals surface area contributed by atoms with E-state index in [9.17, 15) is 13.0 Å². The van der Waals surface area contributed by atoms with Crippen molar-refractivity contribution in [3.05, 3.63) is 23.8 Å². The highest BCUT2D eigenvalue weighted by Crippen LogP contribution is 2.28. The molecule has 0 amide bonds. The maximum Gasteiger partial charge on any atom is 0.265 e. The van der Waals surface area contributed by atoms with E-state index >= 15 is 0 Å². The molecule has 3 N–H and O–H groups in total. The van der Waals surface area contributed by atoms with Crippen molar-refractivity contribution in [2.24, 2.45) is 0 Å². The zero-order valence-corrected chi connectivity index (χ0v) is 9.69. The smallest absolute Gasteiger partial charge is 0.265 e. The van der Waals surface area contributed by atoms with E-state index in [1.165, 1.54) is 12.1 Å². The second kappa shape index (κ2) is 5.79. The summed E-state index contributed by atoms with van der Waals surface area (Å²) in [5.41, 5.74) is 5.96. The van der Waals surface area contributed by atoms with Crippen LogP contribution in [0.15, 0.2) is 18.2 Å². The van der Waals surface area contributed by atoms with Crippen LogP contribution in [0.5, 0.6) is 0 Å². The highest BCUT2D eigenvalue weighted by atomic mass is 32.2. The van der Waals surface area contributed by atoms with Gasteiger partial charge in [-0.1, -0.05) is 0 Å². The summed E-state index contributed by atoms with van der Waals surface area (Å²) in [5.74, 6) is 0.424. The molecule has 1 aromatic carbocycles. The third kappa shape index (κ3) is 3.77. The molecule has 0 saturated heterocycles. The lowest BCUT2D eigenvalue weighted by molar-refractivity contribution is 0.152. The van der Waals surface area contributed by atoms with E-state index in [1.807, 2.05) is 0 Å². The van der Waals surface area contributed by atoms with Crippen LogP contribution in [0.3, 0.4) is 0 Å². The summed E-state index contributed by atoms with van der Waals surface area (Å²) < 4.78 is 36.1. The average molecular weight is 248 g/mol. The van der Waals surface area contributed by atoms with Crippen LogP contribution < -0.4 is 11.1 Å². The Balaban J connectivity index is 2.74. The zero-order valence-electron chi connectivity index (χ0n) is 8.87. The van der Waals surface area contributed by atoms with E-state index in [-0.39, 0.29) is 5.56 Å². The molecule has 0 heterocycles. The second-order valence-electron chi connectivity index (χ2n) is 3.35. The van der Waals surface area contributed by atoms with E-state index in [0.717, 1.165) is 0 Å². The molecule has 1 atom stereocenters. The molecule has 0 aliphatic heterocycles. The fourth-order valence-electron chi connectivity index (χ4n) is 1.25. The van der Waals surface area contributed by atoms with Crippen molar-refractivity contribution in [1.29, 1.82) is 0 Å². The monoisotopic (exact) mass is 248 g/mol. The summed E-state index contributed by atoms with van der Waals surface area (Å²) in [5, 5.41) is 2.82. The summed E-state index contributed by atoms with van der Waals surface area (Å²) in [6, 6.07) is 4.31. The predicted molar refractivity (Wildman–Crippen MR) is 63.2 cm³/mol. The molecule has 3 nitrogen and oxygen atoms in total. The van der Waals surface area contributed by atoms with Gasteiger partial charge in [0.15, 0.2) is 0 Å². The van der Waals surface area contributed by atoms with E-state index in [0.29, 0.717) is 23.7 Å². The number of halogens is 2. The van der Waals surface area contributed by atoms with Gasteiger partial charge in [0.05, 0.1) is 0 Å². The number of nitrogens with two attached hydrogens (primary N) is 1. The summed E-state index contributed by atoms with van der Waals surface area (Å²) in [4.78, 5) is 0. The first-order valence-electron chi connectivity index (χ1n) is 4.72. The summed E-state index contributed by atoms with van der Waals surface area (Å²) in [6.45, 7) is 0.396. The van der Waals surface area contributed by atoms with Gasteiger partial charge in [-0.05, 0) is 18.2 Å². The number of hydrogen-bond donors (Lipinski definition) is 2. The Hall–Kier alpha value is -1.17. The first-order valence-corrected chi connectivity index (χ1v) is 6.45. The molecular formula is C10H14F2N2OS. The topological polar surface area (TPSA) is 55.1 Å². The quantitative estimate of drug-likeness (QED) is 0.784. The number of hydrogen-bond acceptors (Lipinski definition) is 3. The summed E-state index contributed by atoms with van der Waals surface area (Å²) in [6.07, 6.45) is -1.00. The highest BCUT2D eigenvalue weighted by Gasteiger charge is 2.12. The summed E-state index contributed by atoms with van der Waals surface area (Å²) >= 11 is 0. The van der Waals surface area contributed by atoms with Crippen molar-refractivity contribution in [3.8, 4) is 0 Å². The maximum absolute atomic E-state index is 12.6. The highest BCUT2D eigenvalue weighted by molar-refractivity contribution is 7.84. The van der Waals surface area contributed by atoms with Crippen LogP contribution in [-0.4, -0.2) is 22.8 Å². The lowest BCUT2D eigenvalue weighted by Gasteiger charge is -2.11. The molecule has 1 aromatic rings. The number of anilines is 2. The molecule has 0 aliphatic carbocycles. The largest absolute Gasteiger partial charge is 0.399 e.